The van der Waals surface area contributed by atoms with Gasteiger partial charge in [0.2, 0.25) is 5.95 Å². The lowest BCUT2D eigenvalue weighted by molar-refractivity contribution is 0.573. The van der Waals surface area contributed by atoms with E-state index in [2.05, 4.69) is 52.8 Å². The van der Waals surface area contributed by atoms with E-state index in [-0.39, 0.29) is 0 Å². The number of fused-ring (bicyclic) bond motifs is 1. The van der Waals surface area contributed by atoms with Crippen LogP contribution in [0.4, 0.5) is 11.8 Å². The van der Waals surface area contributed by atoms with Crippen LogP contribution in [0.1, 0.15) is 33.6 Å². The zero-order valence-corrected chi connectivity index (χ0v) is 13.2. The van der Waals surface area contributed by atoms with Crippen LogP contribution in [0, 0.1) is 11.3 Å². The highest BCUT2D eigenvalue weighted by molar-refractivity contribution is 7.16. The summed E-state index contributed by atoms with van der Waals surface area (Å²) >= 11 is 1.67. The van der Waals surface area contributed by atoms with Crippen molar-refractivity contribution in [2.45, 2.75) is 33.6 Å². The fraction of sp³-hybridized carbons (Fsp3) is 0.600. The average molecular weight is 290 g/mol. The van der Waals surface area contributed by atoms with E-state index in [0.29, 0.717) is 5.41 Å². The molecule has 3 rings (SSSR count). The Morgan fingerprint density at radius 2 is 2.15 bits per heavy atom. The highest BCUT2D eigenvalue weighted by atomic mass is 32.1. The lowest BCUT2D eigenvalue weighted by atomic mass is 10.1. The summed E-state index contributed by atoms with van der Waals surface area (Å²) in [5.41, 5.74) is 0.497. The molecule has 1 unspecified atom stereocenters. The second kappa shape index (κ2) is 5.20. The Morgan fingerprint density at radius 3 is 2.85 bits per heavy atom. The Balaban J connectivity index is 1.78. The first-order valence-corrected chi connectivity index (χ1v) is 8.21. The fourth-order valence-electron chi connectivity index (χ4n) is 2.45. The molecule has 1 aliphatic carbocycles. The van der Waals surface area contributed by atoms with Crippen LogP contribution in [-0.2, 0) is 0 Å². The molecule has 5 heteroatoms. The van der Waals surface area contributed by atoms with E-state index in [1.54, 1.807) is 11.3 Å². The first-order chi connectivity index (χ1) is 9.60. The molecule has 0 spiro atoms. The number of hydrogen-bond acceptors (Lipinski definition) is 5. The van der Waals surface area contributed by atoms with E-state index in [1.165, 1.54) is 6.42 Å². The molecule has 1 fully saturated rings. The fourth-order valence-corrected chi connectivity index (χ4v) is 3.21. The molecular formula is C15H22N4S. The highest BCUT2D eigenvalue weighted by Crippen LogP contribution is 2.51. The van der Waals surface area contributed by atoms with Crippen LogP contribution in [0.5, 0.6) is 0 Å². The van der Waals surface area contributed by atoms with Crippen LogP contribution in [0.25, 0.3) is 10.2 Å². The Morgan fingerprint density at radius 1 is 1.35 bits per heavy atom. The number of nitrogens with one attached hydrogen (secondary N) is 2. The van der Waals surface area contributed by atoms with Crippen LogP contribution in [0.15, 0.2) is 11.4 Å². The molecule has 0 aliphatic heterocycles. The van der Waals surface area contributed by atoms with Gasteiger partial charge in [0.25, 0.3) is 0 Å². The van der Waals surface area contributed by atoms with Gasteiger partial charge in [0.05, 0.1) is 5.39 Å². The van der Waals surface area contributed by atoms with Gasteiger partial charge in [-0.05, 0) is 35.6 Å². The number of nitrogens with zero attached hydrogens (tertiary/aromatic N) is 2. The third-order valence-corrected chi connectivity index (χ3v) is 4.90. The molecule has 1 aliphatic rings. The van der Waals surface area contributed by atoms with Crippen molar-refractivity contribution in [3.63, 3.8) is 0 Å². The van der Waals surface area contributed by atoms with Crippen molar-refractivity contribution in [3.8, 4) is 0 Å². The van der Waals surface area contributed by atoms with Gasteiger partial charge in [0, 0.05) is 13.1 Å². The molecule has 1 atom stereocenters. The van der Waals surface area contributed by atoms with E-state index in [1.807, 2.05) is 0 Å². The number of rotatable bonds is 6. The molecule has 108 valence electrons. The summed E-state index contributed by atoms with van der Waals surface area (Å²) in [5, 5.41) is 10.0. The van der Waals surface area contributed by atoms with Gasteiger partial charge >= 0.3 is 0 Å². The lowest BCUT2D eigenvalue weighted by Gasteiger charge is -2.10. The molecule has 0 amide bonds. The number of hydrogen-bond donors (Lipinski definition) is 2. The zero-order valence-electron chi connectivity index (χ0n) is 12.4. The van der Waals surface area contributed by atoms with Crippen molar-refractivity contribution >= 4 is 33.3 Å². The number of anilines is 2. The first kappa shape index (κ1) is 13.6. The van der Waals surface area contributed by atoms with Crippen LogP contribution in [0.2, 0.25) is 0 Å². The molecule has 2 aromatic rings. The van der Waals surface area contributed by atoms with Crippen molar-refractivity contribution in [1.82, 2.24) is 9.97 Å². The third kappa shape index (κ3) is 2.73. The largest absolute Gasteiger partial charge is 0.369 e. The Labute approximate surface area is 124 Å². The summed E-state index contributed by atoms with van der Waals surface area (Å²) in [6, 6.07) is 2.10. The minimum atomic E-state index is 0.497. The maximum Gasteiger partial charge on any atom is 0.226 e. The highest BCUT2D eigenvalue weighted by Gasteiger charge is 2.45. The molecule has 2 aromatic heterocycles. The summed E-state index contributed by atoms with van der Waals surface area (Å²) < 4.78 is 0. The topological polar surface area (TPSA) is 49.8 Å². The van der Waals surface area contributed by atoms with E-state index in [4.69, 9.17) is 0 Å². The molecule has 2 N–H and O–H groups in total. The average Bonchev–Trinajstić information content (AvgIpc) is 2.84. The summed E-state index contributed by atoms with van der Waals surface area (Å²) in [7, 11) is 0. The summed E-state index contributed by atoms with van der Waals surface area (Å²) in [6.07, 6.45) is 2.38. The Kier molecular flexibility index (Phi) is 3.54. The Bertz CT molecular complexity index is 605. The van der Waals surface area contributed by atoms with Crippen molar-refractivity contribution in [1.29, 1.82) is 0 Å². The van der Waals surface area contributed by atoms with Crippen molar-refractivity contribution in [3.05, 3.63) is 11.4 Å². The van der Waals surface area contributed by atoms with Gasteiger partial charge in [-0.25, -0.2) is 4.98 Å². The van der Waals surface area contributed by atoms with Gasteiger partial charge in [0.1, 0.15) is 10.6 Å². The quantitative estimate of drug-likeness (QED) is 0.845. The van der Waals surface area contributed by atoms with Crippen molar-refractivity contribution in [2.24, 2.45) is 11.3 Å². The maximum absolute atomic E-state index is 4.63. The zero-order chi connectivity index (χ0) is 14.2. The second-order valence-electron chi connectivity index (χ2n) is 6.23. The van der Waals surface area contributed by atoms with Gasteiger partial charge in [-0.1, -0.05) is 20.8 Å². The predicted molar refractivity (Wildman–Crippen MR) is 86.6 cm³/mol. The minimum Gasteiger partial charge on any atom is -0.369 e. The third-order valence-electron chi connectivity index (χ3n) is 4.09. The summed E-state index contributed by atoms with van der Waals surface area (Å²) in [6.45, 7) is 8.71. The van der Waals surface area contributed by atoms with Crippen LogP contribution in [0.3, 0.4) is 0 Å². The SMILES string of the molecule is CCCNc1nc(NCC2CC2(C)C)c2ccsc2n1. The monoisotopic (exact) mass is 290 g/mol. The van der Waals surface area contributed by atoms with E-state index >= 15 is 0 Å². The summed E-state index contributed by atoms with van der Waals surface area (Å²) in [5.74, 6) is 2.47. The lowest BCUT2D eigenvalue weighted by Crippen LogP contribution is -2.11. The van der Waals surface area contributed by atoms with Gasteiger partial charge < -0.3 is 10.6 Å². The maximum atomic E-state index is 4.63. The number of aromatic nitrogens is 2. The Hall–Kier alpha value is -1.36. The smallest absolute Gasteiger partial charge is 0.226 e. The molecule has 0 radical (unpaired) electrons. The standard InChI is InChI=1S/C15H22N4S/c1-4-6-16-14-18-12(11-5-7-20-13(11)19-14)17-9-10-8-15(10,2)3/h5,7,10H,4,6,8-9H2,1-3H3,(H2,16,17,18,19). The molecule has 1 saturated carbocycles. The van der Waals surface area contributed by atoms with Gasteiger partial charge in [-0.3, -0.25) is 0 Å². The van der Waals surface area contributed by atoms with Crippen LogP contribution >= 0.6 is 11.3 Å². The predicted octanol–water partition coefficient (Wildman–Crippen LogP) is 3.97. The van der Waals surface area contributed by atoms with Crippen LogP contribution in [-0.4, -0.2) is 23.1 Å². The van der Waals surface area contributed by atoms with E-state index in [9.17, 15) is 0 Å². The first-order valence-electron chi connectivity index (χ1n) is 7.33. The van der Waals surface area contributed by atoms with Crippen LogP contribution < -0.4 is 10.6 Å². The molecule has 4 nitrogen and oxygen atoms in total. The molecule has 0 aromatic carbocycles. The molecule has 0 saturated heterocycles. The normalized spacial score (nSPS) is 20.1. The van der Waals surface area contributed by atoms with E-state index in [0.717, 1.165) is 47.4 Å². The molecular weight excluding hydrogens is 268 g/mol. The molecule has 2 heterocycles. The minimum absolute atomic E-state index is 0.497. The summed E-state index contributed by atoms with van der Waals surface area (Å²) in [4.78, 5) is 10.2. The van der Waals surface area contributed by atoms with Gasteiger partial charge in [-0.15, -0.1) is 11.3 Å². The molecule has 0 bridgehead atoms. The second-order valence-corrected chi connectivity index (χ2v) is 7.13. The van der Waals surface area contributed by atoms with Gasteiger partial charge in [-0.2, -0.15) is 4.98 Å². The molecule has 20 heavy (non-hydrogen) atoms. The van der Waals surface area contributed by atoms with Gasteiger partial charge in [0.15, 0.2) is 0 Å². The van der Waals surface area contributed by atoms with E-state index < -0.39 is 0 Å². The number of thiophene rings is 1. The van der Waals surface area contributed by atoms with Crippen molar-refractivity contribution in [2.75, 3.05) is 23.7 Å². The van der Waals surface area contributed by atoms with Crippen molar-refractivity contribution < 1.29 is 0 Å².